The maximum absolute atomic E-state index is 5.35. The van der Waals surface area contributed by atoms with Crippen LogP contribution in [0.1, 0.15) is 12.0 Å². The fourth-order valence-electron chi connectivity index (χ4n) is 1.78. The summed E-state index contributed by atoms with van der Waals surface area (Å²) in [6.45, 7) is 4.92. The highest BCUT2D eigenvalue weighted by Gasteiger charge is 2.15. The van der Waals surface area contributed by atoms with Gasteiger partial charge in [0.2, 0.25) is 0 Å². The van der Waals surface area contributed by atoms with Gasteiger partial charge in [0.25, 0.3) is 0 Å². The van der Waals surface area contributed by atoms with Gasteiger partial charge in [-0.15, -0.1) is 0 Å². The summed E-state index contributed by atoms with van der Waals surface area (Å²) in [6, 6.07) is 6.29. The number of halogens is 1. The number of benzene rings is 1. The molecule has 0 amide bonds. The molecule has 1 N–H and O–H groups in total. The summed E-state index contributed by atoms with van der Waals surface area (Å²) in [6.07, 6.45) is 1.18. The monoisotopic (exact) mass is 269 g/mol. The first-order valence-corrected chi connectivity index (χ1v) is 6.13. The van der Waals surface area contributed by atoms with Crippen molar-refractivity contribution in [3.8, 4) is 0 Å². The first-order chi connectivity index (χ1) is 7.27. The van der Waals surface area contributed by atoms with Crippen LogP contribution in [0.5, 0.6) is 0 Å². The van der Waals surface area contributed by atoms with Crippen molar-refractivity contribution in [1.29, 1.82) is 0 Å². The van der Waals surface area contributed by atoms with Crippen LogP contribution >= 0.6 is 15.9 Å². The molecule has 0 radical (unpaired) electrons. The van der Waals surface area contributed by atoms with Crippen molar-refractivity contribution in [2.24, 2.45) is 5.92 Å². The van der Waals surface area contributed by atoms with E-state index in [0.717, 1.165) is 19.8 Å². The first kappa shape index (κ1) is 11.0. The van der Waals surface area contributed by atoms with Gasteiger partial charge in [0.05, 0.1) is 6.61 Å². The van der Waals surface area contributed by atoms with Gasteiger partial charge in [0.1, 0.15) is 0 Å². The van der Waals surface area contributed by atoms with Crippen LogP contribution in [0.3, 0.4) is 0 Å². The molecule has 0 saturated carbocycles. The van der Waals surface area contributed by atoms with Crippen molar-refractivity contribution >= 4 is 21.6 Å². The molecule has 1 aromatic carbocycles. The van der Waals surface area contributed by atoms with Crippen molar-refractivity contribution in [1.82, 2.24) is 0 Å². The molecule has 82 valence electrons. The van der Waals surface area contributed by atoms with E-state index in [1.165, 1.54) is 22.1 Å². The van der Waals surface area contributed by atoms with Gasteiger partial charge < -0.3 is 10.1 Å². The Morgan fingerprint density at radius 3 is 3.13 bits per heavy atom. The van der Waals surface area contributed by atoms with Gasteiger partial charge in [-0.25, -0.2) is 0 Å². The zero-order valence-corrected chi connectivity index (χ0v) is 10.5. The Labute approximate surface area is 99.1 Å². The molecule has 0 aliphatic carbocycles. The van der Waals surface area contributed by atoms with Gasteiger partial charge in [0, 0.05) is 29.2 Å². The molecule has 15 heavy (non-hydrogen) atoms. The minimum Gasteiger partial charge on any atom is -0.384 e. The van der Waals surface area contributed by atoms with Gasteiger partial charge in [0.15, 0.2) is 0 Å². The minimum absolute atomic E-state index is 0.664. The number of rotatable bonds is 3. The summed E-state index contributed by atoms with van der Waals surface area (Å²) in [5.74, 6) is 0.664. The Kier molecular flexibility index (Phi) is 3.65. The van der Waals surface area contributed by atoms with E-state index in [1.54, 1.807) is 0 Å². The lowest BCUT2D eigenvalue weighted by atomic mass is 10.1. The lowest BCUT2D eigenvalue weighted by molar-refractivity contribution is 0.187. The fraction of sp³-hybridized carbons (Fsp3) is 0.500. The zero-order chi connectivity index (χ0) is 10.7. The average molecular weight is 270 g/mol. The van der Waals surface area contributed by atoms with Crippen LogP contribution in [-0.2, 0) is 4.74 Å². The Balaban J connectivity index is 1.95. The number of hydrogen-bond acceptors (Lipinski definition) is 2. The number of nitrogens with one attached hydrogen (secondary N) is 1. The standard InChI is InChI=1S/C12H16BrNO/c1-9-3-2-4-11(12(9)13)14-7-10-5-6-15-8-10/h2-4,10,14H,5-8H2,1H3. The van der Waals surface area contributed by atoms with E-state index in [2.05, 4.69) is 46.4 Å². The molecule has 1 saturated heterocycles. The second-order valence-corrected chi connectivity index (χ2v) is 4.84. The summed E-state index contributed by atoms with van der Waals surface area (Å²) < 4.78 is 6.52. The van der Waals surface area contributed by atoms with E-state index < -0.39 is 0 Å². The Bertz CT molecular complexity index is 334. The third-order valence-corrected chi connectivity index (χ3v) is 3.85. The molecule has 1 aliphatic heterocycles. The number of aryl methyl sites for hydroxylation is 1. The van der Waals surface area contributed by atoms with Crippen LogP contribution in [0.25, 0.3) is 0 Å². The second kappa shape index (κ2) is 4.99. The quantitative estimate of drug-likeness (QED) is 0.910. The van der Waals surface area contributed by atoms with Crippen LogP contribution in [0.15, 0.2) is 22.7 Å². The Morgan fingerprint density at radius 2 is 2.40 bits per heavy atom. The van der Waals surface area contributed by atoms with Gasteiger partial charge in [-0.1, -0.05) is 12.1 Å². The van der Waals surface area contributed by atoms with E-state index in [9.17, 15) is 0 Å². The topological polar surface area (TPSA) is 21.3 Å². The van der Waals surface area contributed by atoms with Crippen molar-refractivity contribution < 1.29 is 4.74 Å². The molecular weight excluding hydrogens is 254 g/mol. The van der Waals surface area contributed by atoms with Crippen molar-refractivity contribution in [2.75, 3.05) is 25.1 Å². The van der Waals surface area contributed by atoms with E-state index in [4.69, 9.17) is 4.74 Å². The highest BCUT2D eigenvalue weighted by Crippen LogP contribution is 2.26. The van der Waals surface area contributed by atoms with Crippen LogP contribution < -0.4 is 5.32 Å². The summed E-state index contributed by atoms with van der Waals surface area (Å²) in [5.41, 5.74) is 2.45. The average Bonchev–Trinajstić information content (AvgIpc) is 2.73. The molecule has 3 heteroatoms. The van der Waals surface area contributed by atoms with Crippen molar-refractivity contribution in [3.63, 3.8) is 0 Å². The lowest BCUT2D eigenvalue weighted by Gasteiger charge is -2.13. The molecule has 0 aromatic heterocycles. The lowest BCUT2D eigenvalue weighted by Crippen LogP contribution is -2.14. The predicted molar refractivity (Wildman–Crippen MR) is 66.3 cm³/mol. The second-order valence-electron chi connectivity index (χ2n) is 4.05. The summed E-state index contributed by atoms with van der Waals surface area (Å²) >= 11 is 3.60. The number of hydrogen-bond donors (Lipinski definition) is 1. The maximum atomic E-state index is 5.35. The summed E-state index contributed by atoms with van der Waals surface area (Å²) in [7, 11) is 0. The van der Waals surface area contributed by atoms with Crippen molar-refractivity contribution in [3.05, 3.63) is 28.2 Å². The number of ether oxygens (including phenoxy) is 1. The van der Waals surface area contributed by atoms with Gasteiger partial charge in [-0.05, 0) is 40.9 Å². The molecule has 1 atom stereocenters. The van der Waals surface area contributed by atoms with Gasteiger partial charge >= 0.3 is 0 Å². The molecule has 1 aromatic rings. The van der Waals surface area contributed by atoms with Crippen LogP contribution in [0.4, 0.5) is 5.69 Å². The predicted octanol–water partition coefficient (Wildman–Crippen LogP) is 3.21. The normalized spacial score (nSPS) is 20.5. The molecule has 1 unspecified atom stereocenters. The van der Waals surface area contributed by atoms with Gasteiger partial charge in [-0.3, -0.25) is 0 Å². The van der Waals surface area contributed by atoms with E-state index in [0.29, 0.717) is 5.92 Å². The van der Waals surface area contributed by atoms with E-state index in [1.807, 2.05) is 0 Å². The van der Waals surface area contributed by atoms with E-state index >= 15 is 0 Å². The molecule has 2 nitrogen and oxygen atoms in total. The third-order valence-electron chi connectivity index (χ3n) is 2.80. The largest absolute Gasteiger partial charge is 0.384 e. The zero-order valence-electron chi connectivity index (χ0n) is 8.92. The molecule has 1 heterocycles. The maximum Gasteiger partial charge on any atom is 0.0511 e. The molecule has 0 bridgehead atoms. The highest BCUT2D eigenvalue weighted by molar-refractivity contribution is 9.10. The highest BCUT2D eigenvalue weighted by atomic mass is 79.9. The first-order valence-electron chi connectivity index (χ1n) is 5.34. The summed E-state index contributed by atoms with van der Waals surface area (Å²) in [5, 5.41) is 3.47. The SMILES string of the molecule is Cc1cccc(NCC2CCOC2)c1Br. The summed E-state index contributed by atoms with van der Waals surface area (Å²) in [4.78, 5) is 0. The Hall–Kier alpha value is -0.540. The Morgan fingerprint density at radius 1 is 1.53 bits per heavy atom. The molecular formula is C12H16BrNO. The fourth-order valence-corrected chi connectivity index (χ4v) is 2.19. The molecule has 0 spiro atoms. The third kappa shape index (κ3) is 2.73. The number of anilines is 1. The van der Waals surface area contributed by atoms with Crippen LogP contribution in [-0.4, -0.2) is 19.8 Å². The molecule has 2 rings (SSSR count). The van der Waals surface area contributed by atoms with Crippen LogP contribution in [0, 0.1) is 12.8 Å². The molecule has 1 fully saturated rings. The smallest absolute Gasteiger partial charge is 0.0511 e. The molecule has 1 aliphatic rings. The minimum atomic E-state index is 0.664. The van der Waals surface area contributed by atoms with Gasteiger partial charge in [-0.2, -0.15) is 0 Å². The van der Waals surface area contributed by atoms with Crippen molar-refractivity contribution in [2.45, 2.75) is 13.3 Å². The van der Waals surface area contributed by atoms with E-state index in [-0.39, 0.29) is 0 Å². The van der Waals surface area contributed by atoms with Crippen LogP contribution in [0.2, 0.25) is 0 Å².